The van der Waals surface area contributed by atoms with Crippen LogP contribution in [0.5, 0.6) is 11.5 Å². The van der Waals surface area contributed by atoms with E-state index in [-0.39, 0.29) is 11.0 Å². The van der Waals surface area contributed by atoms with Gasteiger partial charge in [0.05, 0.1) is 4.90 Å². The number of nitrogens with one attached hydrogen (secondary N) is 1. The van der Waals surface area contributed by atoms with E-state index in [2.05, 4.69) is 41.5 Å². The Hall–Kier alpha value is -0.840. The molecule has 1 atom stereocenters. The summed E-state index contributed by atoms with van der Waals surface area (Å²) < 4.78 is 41.3. The van der Waals surface area contributed by atoms with Gasteiger partial charge in [-0.25, -0.2) is 13.1 Å². The van der Waals surface area contributed by atoms with E-state index in [1.165, 1.54) is 0 Å². The maximum absolute atomic E-state index is 12.7. The average Bonchev–Trinajstić information content (AvgIpc) is 2.74. The standard InChI is InChI=1S/C21H23Br2ClN2O4S/c22-15-1-3-18(23)21(9-15)31(27,28)25-11-14-5-7-26(8-6-14)12-17-13-29-19-4-2-16(24)10-20(19)30-17/h1-4,9-10,14,17,25H,5-8,11-13H2/t17-/m0/s1. The molecule has 1 fully saturated rings. The Labute approximate surface area is 204 Å². The van der Waals surface area contributed by atoms with E-state index in [0.717, 1.165) is 42.7 Å². The van der Waals surface area contributed by atoms with Crippen molar-refractivity contribution >= 4 is 53.5 Å². The van der Waals surface area contributed by atoms with Gasteiger partial charge >= 0.3 is 0 Å². The normalized spacial score (nSPS) is 20.0. The Kier molecular flexibility index (Phi) is 7.50. The van der Waals surface area contributed by atoms with Crippen LogP contribution >= 0.6 is 43.5 Å². The van der Waals surface area contributed by atoms with E-state index >= 15 is 0 Å². The van der Waals surface area contributed by atoms with Crippen LogP contribution in [0.1, 0.15) is 12.8 Å². The molecule has 31 heavy (non-hydrogen) atoms. The summed E-state index contributed by atoms with van der Waals surface area (Å²) in [6.45, 7) is 3.51. The number of sulfonamides is 1. The van der Waals surface area contributed by atoms with Gasteiger partial charge < -0.3 is 9.47 Å². The van der Waals surface area contributed by atoms with E-state index in [0.29, 0.717) is 34.3 Å². The molecule has 0 radical (unpaired) electrons. The number of fused-ring (bicyclic) bond motifs is 1. The molecule has 2 aromatic carbocycles. The summed E-state index contributed by atoms with van der Waals surface area (Å²) in [4.78, 5) is 2.59. The summed E-state index contributed by atoms with van der Waals surface area (Å²) in [5.41, 5.74) is 0. The van der Waals surface area contributed by atoms with Crippen LogP contribution in [-0.4, -0.2) is 52.2 Å². The van der Waals surface area contributed by atoms with Gasteiger partial charge in [-0.3, -0.25) is 4.90 Å². The van der Waals surface area contributed by atoms with Crippen molar-refractivity contribution in [3.63, 3.8) is 0 Å². The number of nitrogens with zero attached hydrogens (tertiary/aromatic N) is 1. The molecule has 2 heterocycles. The second-order valence-corrected chi connectivity index (χ2v) is 11.8. The number of hydrogen-bond donors (Lipinski definition) is 1. The summed E-state index contributed by atoms with van der Waals surface area (Å²) in [6.07, 6.45) is 1.81. The first-order chi connectivity index (χ1) is 14.8. The molecular formula is C21H23Br2ClN2O4S. The first-order valence-corrected chi connectivity index (χ1v) is 13.5. The van der Waals surface area contributed by atoms with E-state index in [1.807, 2.05) is 6.07 Å². The van der Waals surface area contributed by atoms with Crippen molar-refractivity contribution in [2.24, 2.45) is 5.92 Å². The van der Waals surface area contributed by atoms with Crippen molar-refractivity contribution < 1.29 is 17.9 Å². The lowest BCUT2D eigenvalue weighted by Crippen LogP contribution is -2.45. The number of ether oxygens (including phenoxy) is 2. The monoisotopic (exact) mass is 592 g/mol. The maximum Gasteiger partial charge on any atom is 0.241 e. The van der Waals surface area contributed by atoms with Crippen LogP contribution in [0.25, 0.3) is 0 Å². The third-order valence-electron chi connectivity index (χ3n) is 5.54. The third-order valence-corrected chi connectivity index (χ3v) is 8.68. The largest absolute Gasteiger partial charge is 0.486 e. The smallest absolute Gasteiger partial charge is 0.241 e. The van der Waals surface area contributed by atoms with Gasteiger partial charge in [-0.2, -0.15) is 0 Å². The van der Waals surface area contributed by atoms with Crippen LogP contribution in [0.3, 0.4) is 0 Å². The summed E-state index contributed by atoms with van der Waals surface area (Å²) >= 11 is 12.7. The lowest BCUT2D eigenvalue weighted by molar-refractivity contribution is 0.0481. The fraction of sp³-hybridized carbons (Fsp3) is 0.429. The zero-order valence-electron chi connectivity index (χ0n) is 16.7. The highest BCUT2D eigenvalue weighted by atomic mass is 79.9. The molecule has 0 aromatic heterocycles. The van der Waals surface area contributed by atoms with Crippen LogP contribution in [0.15, 0.2) is 50.2 Å². The number of hydrogen-bond acceptors (Lipinski definition) is 5. The molecule has 2 aliphatic heterocycles. The molecule has 0 bridgehead atoms. The highest BCUT2D eigenvalue weighted by Crippen LogP contribution is 2.34. The molecule has 0 aliphatic carbocycles. The highest BCUT2D eigenvalue weighted by molar-refractivity contribution is 9.11. The zero-order chi connectivity index (χ0) is 22.0. The Morgan fingerprint density at radius 2 is 1.87 bits per heavy atom. The molecule has 168 valence electrons. The molecule has 0 unspecified atom stereocenters. The fourth-order valence-electron chi connectivity index (χ4n) is 3.83. The molecule has 6 nitrogen and oxygen atoms in total. The van der Waals surface area contributed by atoms with Gasteiger partial charge in [0.1, 0.15) is 12.7 Å². The highest BCUT2D eigenvalue weighted by Gasteiger charge is 2.27. The first kappa shape index (κ1) is 23.3. The van der Waals surface area contributed by atoms with Crippen molar-refractivity contribution in [1.82, 2.24) is 9.62 Å². The number of halogens is 3. The Bertz CT molecular complexity index is 1050. The van der Waals surface area contributed by atoms with Crippen LogP contribution in [-0.2, 0) is 10.0 Å². The predicted molar refractivity (Wildman–Crippen MR) is 128 cm³/mol. The van der Waals surface area contributed by atoms with Crippen molar-refractivity contribution in [2.45, 2.75) is 23.8 Å². The second-order valence-electron chi connectivity index (χ2n) is 7.81. The van der Waals surface area contributed by atoms with Gasteiger partial charge in [0.15, 0.2) is 11.5 Å². The molecule has 0 saturated carbocycles. The number of rotatable bonds is 6. The molecule has 1 saturated heterocycles. The van der Waals surface area contributed by atoms with Crippen molar-refractivity contribution in [2.75, 3.05) is 32.8 Å². The zero-order valence-corrected chi connectivity index (χ0v) is 21.4. The van der Waals surface area contributed by atoms with Crippen molar-refractivity contribution in [3.05, 3.63) is 50.4 Å². The maximum atomic E-state index is 12.7. The van der Waals surface area contributed by atoms with E-state index in [1.54, 1.807) is 30.3 Å². The van der Waals surface area contributed by atoms with Crippen molar-refractivity contribution in [3.8, 4) is 11.5 Å². The Morgan fingerprint density at radius 1 is 1.10 bits per heavy atom. The van der Waals surface area contributed by atoms with Gasteiger partial charge in [-0.05, 0) is 78.1 Å². The van der Waals surface area contributed by atoms with Gasteiger partial charge in [-0.15, -0.1) is 0 Å². The minimum atomic E-state index is -3.57. The first-order valence-electron chi connectivity index (χ1n) is 10.1. The molecule has 0 spiro atoms. The summed E-state index contributed by atoms with van der Waals surface area (Å²) in [5.74, 6) is 1.72. The van der Waals surface area contributed by atoms with Crippen LogP contribution in [0.2, 0.25) is 5.02 Å². The Balaban J connectivity index is 1.25. The quantitative estimate of drug-likeness (QED) is 0.526. The van der Waals surface area contributed by atoms with Gasteiger partial charge in [-0.1, -0.05) is 27.5 Å². The molecule has 4 rings (SSSR count). The van der Waals surface area contributed by atoms with Crippen molar-refractivity contribution in [1.29, 1.82) is 0 Å². The van der Waals surface area contributed by atoms with Gasteiger partial charge in [0.25, 0.3) is 0 Å². The van der Waals surface area contributed by atoms with Crippen LogP contribution in [0.4, 0.5) is 0 Å². The summed E-state index contributed by atoms with van der Waals surface area (Å²) in [5, 5.41) is 0.626. The summed E-state index contributed by atoms with van der Waals surface area (Å²) in [7, 11) is -3.57. The lowest BCUT2D eigenvalue weighted by atomic mass is 9.97. The fourth-order valence-corrected chi connectivity index (χ4v) is 6.61. The summed E-state index contributed by atoms with van der Waals surface area (Å²) in [6, 6.07) is 10.5. The molecular weight excluding hydrogens is 572 g/mol. The molecule has 2 aromatic rings. The predicted octanol–water partition coefficient (Wildman–Crippen LogP) is 4.70. The lowest BCUT2D eigenvalue weighted by Gasteiger charge is -2.35. The van der Waals surface area contributed by atoms with Crippen LogP contribution in [0, 0.1) is 5.92 Å². The number of likely N-dealkylation sites (tertiary alicyclic amines) is 1. The molecule has 10 heteroatoms. The van der Waals surface area contributed by atoms with E-state index < -0.39 is 10.0 Å². The SMILES string of the molecule is O=S(=O)(NCC1CCN(C[C@H]2COc3ccc(Cl)cc3O2)CC1)c1cc(Br)ccc1Br. The number of benzene rings is 2. The minimum Gasteiger partial charge on any atom is -0.486 e. The van der Waals surface area contributed by atoms with Crippen LogP contribution < -0.4 is 14.2 Å². The second kappa shape index (κ2) is 9.97. The van der Waals surface area contributed by atoms with Gasteiger partial charge in [0, 0.05) is 33.1 Å². The Morgan fingerprint density at radius 3 is 2.65 bits per heavy atom. The number of piperidine rings is 1. The molecule has 0 amide bonds. The average molecular weight is 595 g/mol. The van der Waals surface area contributed by atoms with Gasteiger partial charge in [0.2, 0.25) is 10.0 Å². The third kappa shape index (κ3) is 5.94. The topological polar surface area (TPSA) is 67.9 Å². The minimum absolute atomic E-state index is 0.0464. The molecule has 2 aliphatic rings. The van der Waals surface area contributed by atoms with E-state index in [4.69, 9.17) is 21.1 Å². The van der Waals surface area contributed by atoms with E-state index in [9.17, 15) is 8.42 Å². The molecule has 1 N–H and O–H groups in total.